The van der Waals surface area contributed by atoms with E-state index in [0.29, 0.717) is 0 Å². The van der Waals surface area contributed by atoms with Gasteiger partial charge in [-0.05, 0) is 0 Å². The summed E-state index contributed by atoms with van der Waals surface area (Å²) >= 11 is 0. The summed E-state index contributed by atoms with van der Waals surface area (Å²) in [6.45, 7) is -0.250. The molecule has 0 aromatic rings. The first-order chi connectivity index (χ1) is 5.04. The van der Waals surface area contributed by atoms with E-state index in [0.717, 1.165) is 0 Å². The molecule has 0 saturated carbocycles. The summed E-state index contributed by atoms with van der Waals surface area (Å²) in [5.74, 6) is 0. The van der Waals surface area contributed by atoms with Crippen LogP contribution >= 0.6 is 0 Å². The van der Waals surface area contributed by atoms with Gasteiger partial charge in [0.15, 0.2) is 0 Å². The number of carbonyl (C=O) groups excluding carboxylic acids is 2. The van der Waals surface area contributed by atoms with Gasteiger partial charge in [-0.3, -0.25) is 5.32 Å². The van der Waals surface area contributed by atoms with Gasteiger partial charge in [-0.1, -0.05) is 0 Å². The minimum atomic E-state index is -0.938. The van der Waals surface area contributed by atoms with Gasteiger partial charge in [-0.25, -0.2) is 9.59 Å². The lowest BCUT2D eigenvalue weighted by Gasteiger charge is -1.88. The second kappa shape index (κ2) is 8.66. The second-order valence-corrected chi connectivity index (χ2v) is 1.30. The van der Waals surface area contributed by atoms with Crippen molar-refractivity contribution < 1.29 is 19.8 Å². The summed E-state index contributed by atoms with van der Waals surface area (Å²) in [7, 11) is 0. The summed E-state index contributed by atoms with van der Waals surface area (Å²) in [5.41, 5.74) is 8.88. The monoisotopic (exact) mass is 165 g/mol. The minimum Gasteiger partial charge on any atom is -0.394 e. The number of aliphatic hydroxyl groups is 2. The number of imide groups is 1. The van der Waals surface area contributed by atoms with Crippen LogP contribution < -0.4 is 16.8 Å². The average Bonchev–Trinajstić information content (AvgIpc) is 1.85. The highest BCUT2D eigenvalue weighted by atomic mass is 16.3. The molecule has 7 N–H and O–H groups in total. The van der Waals surface area contributed by atoms with Crippen molar-refractivity contribution in [1.82, 2.24) is 5.32 Å². The van der Waals surface area contributed by atoms with E-state index < -0.39 is 12.1 Å². The van der Waals surface area contributed by atoms with Crippen molar-refractivity contribution in [2.45, 2.75) is 0 Å². The highest BCUT2D eigenvalue weighted by Crippen LogP contribution is 1.51. The number of hydrogen-bond acceptors (Lipinski definition) is 4. The maximum absolute atomic E-state index is 9.62. The number of rotatable bonds is 1. The average molecular weight is 165 g/mol. The number of primary amides is 2. The van der Waals surface area contributed by atoms with E-state index >= 15 is 0 Å². The molecule has 11 heavy (non-hydrogen) atoms. The van der Waals surface area contributed by atoms with Crippen LogP contribution in [0.15, 0.2) is 0 Å². The highest BCUT2D eigenvalue weighted by molar-refractivity contribution is 5.91. The summed E-state index contributed by atoms with van der Waals surface area (Å²) in [4.78, 5) is 19.2. The maximum Gasteiger partial charge on any atom is 0.320 e. The van der Waals surface area contributed by atoms with E-state index in [-0.39, 0.29) is 13.2 Å². The first-order valence-electron chi connectivity index (χ1n) is 2.62. The number of hydrogen-bond donors (Lipinski definition) is 5. The molecule has 0 aliphatic carbocycles. The largest absolute Gasteiger partial charge is 0.394 e. The molecule has 0 heterocycles. The van der Waals surface area contributed by atoms with Crippen molar-refractivity contribution in [2.75, 3.05) is 13.2 Å². The van der Waals surface area contributed by atoms with E-state index in [1.165, 1.54) is 0 Å². The third kappa shape index (κ3) is 28.7. The first-order valence-corrected chi connectivity index (χ1v) is 2.62. The summed E-state index contributed by atoms with van der Waals surface area (Å²) < 4.78 is 0. The smallest absolute Gasteiger partial charge is 0.320 e. The van der Waals surface area contributed by atoms with Crippen LogP contribution in [0.25, 0.3) is 0 Å². The maximum atomic E-state index is 9.62. The van der Waals surface area contributed by atoms with Gasteiger partial charge in [-0.15, -0.1) is 0 Å². The van der Waals surface area contributed by atoms with E-state index in [4.69, 9.17) is 10.2 Å². The minimum absolute atomic E-state index is 0.125. The van der Waals surface area contributed by atoms with E-state index in [1.54, 1.807) is 5.32 Å². The molecule has 0 atom stereocenters. The predicted octanol–water partition coefficient (Wildman–Crippen LogP) is -2.30. The third-order valence-electron chi connectivity index (χ3n) is 0.346. The molecule has 0 bridgehead atoms. The van der Waals surface area contributed by atoms with Crippen LogP contribution in [0, 0.1) is 0 Å². The number of nitrogens with one attached hydrogen (secondary N) is 1. The lowest BCUT2D eigenvalue weighted by Crippen LogP contribution is -2.38. The fraction of sp³-hybridized carbons (Fsp3) is 0.500. The molecule has 0 unspecified atom stereocenters. The number of nitrogens with two attached hydrogens (primary N) is 2. The summed E-state index contributed by atoms with van der Waals surface area (Å²) in [6.07, 6.45) is 0. The highest BCUT2D eigenvalue weighted by Gasteiger charge is 1.92. The summed E-state index contributed by atoms with van der Waals surface area (Å²) in [5, 5.41) is 16.8. The molecule has 0 aromatic carbocycles. The van der Waals surface area contributed by atoms with Gasteiger partial charge in [0.25, 0.3) is 0 Å². The fourth-order valence-corrected chi connectivity index (χ4v) is 0.121. The SMILES string of the molecule is NC(=O)NC(N)=O.OCCO. The molecule has 7 nitrogen and oxygen atoms in total. The van der Waals surface area contributed by atoms with Gasteiger partial charge < -0.3 is 21.7 Å². The van der Waals surface area contributed by atoms with Gasteiger partial charge in [-0.2, -0.15) is 0 Å². The van der Waals surface area contributed by atoms with Gasteiger partial charge in [0.1, 0.15) is 0 Å². The summed E-state index contributed by atoms with van der Waals surface area (Å²) in [6, 6.07) is -1.88. The predicted molar refractivity (Wildman–Crippen MR) is 36.5 cm³/mol. The molecular formula is C4H11N3O4. The number of urea groups is 2. The Morgan fingerprint density at radius 2 is 1.36 bits per heavy atom. The van der Waals surface area contributed by atoms with Crippen LogP contribution in [0.2, 0.25) is 0 Å². The molecule has 0 fully saturated rings. The van der Waals surface area contributed by atoms with Crippen LogP contribution in [-0.4, -0.2) is 35.5 Å². The molecule has 7 heteroatoms. The lowest BCUT2D eigenvalue weighted by molar-refractivity contribution is 0.186. The standard InChI is InChI=1S/C2H5N3O2.C2H6O2/c3-1(6)5-2(4)7;3-1-2-4/h(H5,3,4,5,6,7);3-4H,1-2H2. The Morgan fingerprint density at radius 3 is 1.36 bits per heavy atom. The number of carbonyl (C=O) groups is 2. The zero-order chi connectivity index (χ0) is 9.28. The Balaban J connectivity index is 0. The second-order valence-electron chi connectivity index (χ2n) is 1.30. The zero-order valence-corrected chi connectivity index (χ0v) is 5.78. The molecule has 0 aliphatic rings. The lowest BCUT2D eigenvalue weighted by atomic mass is 10.8. The molecule has 0 spiro atoms. The van der Waals surface area contributed by atoms with Crippen molar-refractivity contribution in [1.29, 1.82) is 0 Å². The van der Waals surface area contributed by atoms with Crippen LogP contribution in [-0.2, 0) is 0 Å². The van der Waals surface area contributed by atoms with Crippen LogP contribution in [0.1, 0.15) is 0 Å². The Labute approximate surface area is 63.0 Å². The van der Waals surface area contributed by atoms with Gasteiger partial charge in [0.05, 0.1) is 13.2 Å². The van der Waals surface area contributed by atoms with Gasteiger partial charge in [0.2, 0.25) is 0 Å². The Hall–Kier alpha value is -1.34. The Kier molecular flexibility index (Phi) is 9.72. The Morgan fingerprint density at radius 1 is 1.09 bits per heavy atom. The van der Waals surface area contributed by atoms with Crippen LogP contribution in [0.5, 0.6) is 0 Å². The molecule has 0 rings (SSSR count). The fourth-order valence-electron chi connectivity index (χ4n) is 0.121. The molecule has 0 radical (unpaired) electrons. The van der Waals surface area contributed by atoms with Crippen molar-refractivity contribution >= 4 is 12.1 Å². The van der Waals surface area contributed by atoms with Crippen molar-refractivity contribution in [3.05, 3.63) is 0 Å². The molecule has 66 valence electrons. The van der Waals surface area contributed by atoms with Crippen molar-refractivity contribution in [3.8, 4) is 0 Å². The van der Waals surface area contributed by atoms with Gasteiger partial charge in [0, 0.05) is 0 Å². The molecular weight excluding hydrogens is 154 g/mol. The van der Waals surface area contributed by atoms with E-state index in [2.05, 4.69) is 11.5 Å². The van der Waals surface area contributed by atoms with Crippen molar-refractivity contribution in [2.24, 2.45) is 11.5 Å². The van der Waals surface area contributed by atoms with E-state index in [9.17, 15) is 9.59 Å². The quantitative estimate of drug-likeness (QED) is 0.298. The molecule has 0 aromatic heterocycles. The van der Waals surface area contributed by atoms with E-state index in [1.807, 2.05) is 0 Å². The first kappa shape index (κ1) is 12.3. The topological polar surface area (TPSA) is 139 Å². The molecule has 0 saturated heterocycles. The normalized spacial score (nSPS) is 7.45. The third-order valence-corrected chi connectivity index (χ3v) is 0.346. The van der Waals surface area contributed by atoms with Crippen LogP contribution in [0.4, 0.5) is 9.59 Å². The Bertz CT molecular complexity index is 113. The number of aliphatic hydroxyl groups excluding tert-OH is 2. The van der Waals surface area contributed by atoms with Crippen LogP contribution in [0.3, 0.4) is 0 Å². The molecule has 4 amide bonds. The molecule has 0 aliphatic heterocycles. The van der Waals surface area contributed by atoms with Gasteiger partial charge >= 0.3 is 12.1 Å². The zero-order valence-electron chi connectivity index (χ0n) is 5.78. The number of amides is 4. The van der Waals surface area contributed by atoms with Crippen molar-refractivity contribution in [3.63, 3.8) is 0 Å².